The molecule has 0 aliphatic carbocycles. The molecule has 1 fully saturated rings. The third kappa shape index (κ3) is 7.99. The second-order valence-corrected chi connectivity index (χ2v) is 13.1. The Balaban J connectivity index is 1.14. The lowest BCUT2D eigenvalue weighted by Gasteiger charge is -2.32. The van der Waals surface area contributed by atoms with Gasteiger partial charge in [-0.3, -0.25) is 14.5 Å². The van der Waals surface area contributed by atoms with Crippen molar-refractivity contribution < 1.29 is 23.9 Å². The lowest BCUT2D eigenvalue weighted by molar-refractivity contribution is -0.116. The van der Waals surface area contributed by atoms with Gasteiger partial charge in [0.2, 0.25) is 11.7 Å². The van der Waals surface area contributed by atoms with Crippen molar-refractivity contribution in [3.63, 3.8) is 0 Å². The zero-order valence-corrected chi connectivity index (χ0v) is 29.3. The highest BCUT2D eigenvalue weighted by Crippen LogP contribution is 2.37. The van der Waals surface area contributed by atoms with Gasteiger partial charge in [0.15, 0.2) is 5.76 Å². The molecule has 4 aromatic rings. The Morgan fingerprint density at radius 2 is 1.58 bits per heavy atom. The average Bonchev–Trinajstić information content (AvgIpc) is 3.55. The molecule has 0 unspecified atom stereocenters. The topological polar surface area (TPSA) is 120 Å². The maximum Gasteiger partial charge on any atom is 0.323 e. The number of methoxy groups -OCH3 is 1. The molecule has 3 amide bonds. The standard InChI is InChI=1S/C38H45N7O5/c1-25-30(31-23-29(49-5)11-12-33(31)45(25)21-20-44-18-16-43(4)17-19-44)24-35-37(47)32-22-28(10-13-34(32)50-35)41-38(48)40-27-8-6-26(7-9-27)39-36(46)14-15-42(2)3/h6-13,22-24H,14-21H2,1-5H3,(H,39,46)(H2,40,41,48). The number of fused-ring (bicyclic) bond motifs is 2. The predicted octanol–water partition coefficient (Wildman–Crippen LogP) is 5.36. The summed E-state index contributed by atoms with van der Waals surface area (Å²) in [6.07, 6.45) is 2.21. The van der Waals surface area contributed by atoms with Crippen LogP contribution in [0.25, 0.3) is 17.0 Å². The molecule has 262 valence electrons. The number of piperazine rings is 1. The van der Waals surface area contributed by atoms with Crippen LogP contribution in [0.1, 0.15) is 28.0 Å². The third-order valence-corrected chi connectivity index (χ3v) is 9.23. The molecule has 0 bridgehead atoms. The summed E-state index contributed by atoms with van der Waals surface area (Å²) in [6.45, 7) is 8.71. The van der Waals surface area contributed by atoms with Crippen LogP contribution in [0.3, 0.4) is 0 Å². The molecule has 3 N–H and O–H groups in total. The number of carbonyl (C=O) groups is 3. The molecule has 50 heavy (non-hydrogen) atoms. The molecule has 3 aromatic carbocycles. The smallest absolute Gasteiger partial charge is 0.323 e. The Hall–Kier alpha value is -5.17. The minimum absolute atomic E-state index is 0.0795. The number of ether oxygens (including phenoxy) is 2. The van der Waals surface area contributed by atoms with Crippen molar-refractivity contribution >= 4 is 51.8 Å². The van der Waals surface area contributed by atoms with Gasteiger partial charge in [-0.05, 0) is 94.8 Å². The highest BCUT2D eigenvalue weighted by Gasteiger charge is 2.29. The van der Waals surface area contributed by atoms with Gasteiger partial charge in [-0.15, -0.1) is 0 Å². The molecule has 2 aliphatic heterocycles. The van der Waals surface area contributed by atoms with Gasteiger partial charge in [0.05, 0.1) is 12.7 Å². The van der Waals surface area contributed by atoms with Crippen molar-refractivity contribution in [2.75, 3.05) is 83.5 Å². The molecule has 0 spiro atoms. The highest BCUT2D eigenvalue weighted by atomic mass is 16.5. The number of likely N-dealkylation sites (N-methyl/N-ethyl adjacent to an activating group) is 1. The molecule has 12 nitrogen and oxygen atoms in total. The van der Waals surface area contributed by atoms with Crippen molar-refractivity contribution in [2.45, 2.75) is 19.9 Å². The number of benzene rings is 3. The number of amides is 3. The van der Waals surface area contributed by atoms with Gasteiger partial charge < -0.3 is 39.8 Å². The van der Waals surface area contributed by atoms with Gasteiger partial charge in [0.1, 0.15) is 11.5 Å². The largest absolute Gasteiger partial charge is 0.497 e. The fourth-order valence-electron chi connectivity index (χ4n) is 6.27. The average molecular weight is 680 g/mol. The van der Waals surface area contributed by atoms with Crippen molar-refractivity contribution in [3.8, 4) is 11.5 Å². The van der Waals surface area contributed by atoms with E-state index in [9.17, 15) is 14.4 Å². The van der Waals surface area contributed by atoms with Crippen LogP contribution in [0.15, 0.2) is 66.4 Å². The van der Waals surface area contributed by atoms with Crippen molar-refractivity contribution in [3.05, 3.63) is 83.2 Å². The van der Waals surface area contributed by atoms with E-state index >= 15 is 0 Å². The molecule has 1 aromatic heterocycles. The first kappa shape index (κ1) is 34.7. The van der Waals surface area contributed by atoms with E-state index in [1.165, 1.54) is 0 Å². The van der Waals surface area contributed by atoms with Crippen LogP contribution in [0, 0.1) is 6.92 Å². The van der Waals surface area contributed by atoms with E-state index in [2.05, 4.69) is 50.4 Å². The van der Waals surface area contributed by atoms with E-state index < -0.39 is 6.03 Å². The fourth-order valence-corrected chi connectivity index (χ4v) is 6.27. The van der Waals surface area contributed by atoms with E-state index in [0.717, 1.165) is 67.2 Å². The number of rotatable bonds is 11. The van der Waals surface area contributed by atoms with Crippen molar-refractivity contribution in [1.29, 1.82) is 0 Å². The number of hydrogen-bond acceptors (Lipinski definition) is 8. The Morgan fingerprint density at radius 3 is 2.28 bits per heavy atom. The minimum Gasteiger partial charge on any atom is -0.497 e. The molecule has 6 rings (SSSR count). The Morgan fingerprint density at radius 1 is 0.900 bits per heavy atom. The summed E-state index contributed by atoms with van der Waals surface area (Å²) in [5.41, 5.74) is 5.04. The maximum absolute atomic E-state index is 13.7. The molecule has 3 heterocycles. The zero-order valence-electron chi connectivity index (χ0n) is 29.3. The lowest BCUT2D eigenvalue weighted by atomic mass is 10.1. The van der Waals surface area contributed by atoms with Crippen molar-refractivity contribution in [2.24, 2.45) is 0 Å². The first-order valence-electron chi connectivity index (χ1n) is 16.9. The predicted molar refractivity (Wildman–Crippen MR) is 197 cm³/mol. The third-order valence-electron chi connectivity index (χ3n) is 9.23. The number of hydrogen-bond donors (Lipinski definition) is 3. The minimum atomic E-state index is -0.469. The summed E-state index contributed by atoms with van der Waals surface area (Å²) in [7, 11) is 7.64. The summed E-state index contributed by atoms with van der Waals surface area (Å²) in [4.78, 5) is 45.4. The summed E-state index contributed by atoms with van der Waals surface area (Å²) >= 11 is 0. The van der Waals surface area contributed by atoms with E-state index in [1.807, 2.05) is 37.2 Å². The second-order valence-electron chi connectivity index (χ2n) is 13.1. The fraction of sp³-hybridized carbons (Fsp3) is 0.342. The number of nitrogens with zero attached hydrogens (tertiary/aromatic N) is 4. The van der Waals surface area contributed by atoms with E-state index in [0.29, 0.717) is 41.3 Å². The van der Waals surface area contributed by atoms with Crippen LogP contribution in [0.4, 0.5) is 21.9 Å². The SMILES string of the molecule is COc1ccc2c(c1)c(C=C1Oc3ccc(NC(=O)Nc4ccc(NC(=O)CCN(C)C)cc4)cc3C1=O)c(C)n2CCN1CCN(C)CC1. The van der Waals surface area contributed by atoms with Gasteiger partial charge in [-0.2, -0.15) is 0 Å². The van der Waals surface area contributed by atoms with Gasteiger partial charge in [-0.1, -0.05) is 0 Å². The van der Waals surface area contributed by atoms with Gasteiger partial charge in [0.25, 0.3) is 0 Å². The van der Waals surface area contributed by atoms with Crippen LogP contribution in [0.5, 0.6) is 11.5 Å². The molecular weight excluding hydrogens is 634 g/mol. The number of nitrogens with one attached hydrogen (secondary N) is 3. The summed E-state index contributed by atoms with van der Waals surface area (Å²) in [5.74, 6) is 1.06. The quantitative estimate of drug-likeness (QED) is 0.182. The molecule has 0 atom stereocenters. The van der Waals surface area contributed by atoms with E-state index in [-0.39, 0.29) is 17.4 Å². The Kier molecular flexibility index (Phi) is 10.5. The number of allylic oxidation sites excluding steroid dienone is 1. The molecule has 0 saturated carbocycles. The van der Waals surface area contributed by atoms with Crippen LogP contribution >= 0.6 is 0 Å². The summed E-state index contributed by atoms with van der Waals surface area (Å²) in [6, 6.07) is 17.4. The first-order valence-corrected chi connectivity index (χ1v) is 16.9. The molecule has 12 heteroatoms. The van der Waals surface area contributed by atoms with Crippen molar-refractivity contribution in [1.82, 2.24) is 19.3 Å². The van der Waals surface area contributed by atoms with Crippen LogP contribution < -0.4 is 25.4 Å². The van der Waals surface area contributed by atoms with Gasteiger partial charge >= 0.3 is 6.03 Å². The monoisotopic (exact) mass is 679 g/mol. The number of ketones is 1. The van der Waals surface area contributed by atoms with Crippen LogP contribution in [0.2, 0.25) is 0 Å². The first-order chi connectivity index (χ1) is 24.1. The van der Waals surface area contributed by atoms with Crippen LogP contribution in [-0.2, 0) is 11.3 Å². The van der Waals surface area contributed by atoms with E-state index in [1.54, 1.807) is 49.6 Å². The van der Waals surface area contributed by atoms with Gasteiger partial charge in [0, 0.05) is 91.5 Å². The zero-order chi connectivity index (χ0) is 35.4. The summed E-state index contributed by atoms with van der Waals surface area (Å²) < 4.78 is 13.9. The molecule has 1 saturated heterocycles. The molecule has 2 aliphatic rings. The number of urea groups is 1. The number of Topliss-reactive ketones (excluding diaryl/α,β-unsaturated/α-hetero) is 1. The van der Waals surface area contributed by atoms with E-state index in [4.69, 9.17) is 9.47 Å². The Labute approximate surface area is 292 Å². The summed E-state index contributed by atoms with van der Waals surface area (Å²) in [5, 5.41) is 9.42. The maximum atomic E-state index is 13.7. The lowest BCUT2D eigenvalue weighted by Crippen LogP contribution is -2.45. The molecule has 0 radical (unpaired) electrons. The van der Waals surface area contributed by atoms with Gasteiger partial charge in [-0.25, -0.2) is 4.79 Å². The number of carbonyl (C=O) groups excluding carboxylic acids is 3. The normalized spacial score (nSPS) is 15.7. The number of aromatic nitrogens is 1. The second kappa shape index (κ2) is 15.2. The Bertz CT molecular complexity index is 1920. The molecular formula is C38H45N7O5. The highest BCUT2D eigenvalue weighted by molar-refractivity contribution is 6.16. The number of anilines is 3. The van der Waals surface area contributed by atoms with Crippen LogP contribution in [-0.4, -0.2) is 105 Å².